The highest BCUT2D eigenvalue weighted by Gasteiger charge is 2.43. The third-order valence-electron chi connectivity index (χ3n) is 5.39. The van der Waals surface area contributed by atoms with E-state index in [0.717, 1.165) is 11.5 Å². The fraction of sp³-hybridized carbons (Fsp3) is 0.259. The van der Waals surface area contributed by atoms with Crippen LogP contribution in [0, 0.1) is 0 Å². The monoisotopic (exact) mass is 500 g/mol. The molecule has 0 radical (unpaired) electrons. The van der Waals surface area contributed by atoms with E-state index in [-0.39, 0.29) is 12.4 Å². The molecule has 0 atom stereocenters. The van der Waals surface area contributed by atoms with Crippen molar-refractivity contribution in [3.63, 3.8) is 0 Å². The summed E-state index contributed by atoms with van der Waals surface area (Å²) >= 11 is 3.52. The summed E-state index contributed by atoms with van der Waals surface area (Å²) in [6.45, 7) is 0. The number of benzene rings is 3. The van der Waals surface area contributed by atoms with E-state index in [1.54, 1.807) is 0 Å². The fourth-order valence-electron chi connectivity index (χ4n) is 3.87. The lowest BCUT2D eigenvalue weighted by molar-refractivity contribution is -0.00000563. The summed E-state index contributed by atoms with van der Waals surface area (Å²) in [5.41, 5.74) is 0. The molecule has 0 fully saturated rings. The topological polar surface area (TPSA) is 0 Å². The Morgan fingerprint density at radius 1 is 0.567 bits per heavy atom. The lowest BCUT2D eigenvalue weighted by atomic mass is 10.1. The van der Waals surface area contributed by atoms with E-state index in [4.69, 9.17) is 0 Å². The molecule has 0 spiro atoms. The molecule has 0 amide bonds. The van der Waals surface area contributed by atoms with Gasteiger partial charge in [0.25, 0.3) is 0 Å². The van der Waals surface area contributed by atoms with E-state index in [9.17, 15) is 0 Å². The Kier molecular flexibility index (Phi) is 11.4. The molecule has 0 bridgehead atoms. The summed E-state index contributed by atoms with van der Waals surface area (Å²) in [4.78, 5) is 0. The smallest absolute Gasteiger partial charge is 0.115 e. The highest BCUT2D eigenvalue weighted by atomic mass is 79.9. The second-order valence-electron chi connectivity index (χ2n) is 7.36. The average molecular weight is 502 g/mol. The number of unbranched alkanes of at least 4 members (excludes halogenated alkanes) is 4. The molecule has 3 rings (SSSR count). The van der Waals surface area contributed by atoms with E-state index in [1.165, 1.54) is 48.0 Å². The summed E-state index contributed by atoms with van der Waals surface area (Å²) in [5.74, 6) is 0. The Balaban J connectivity index is 0.00000320. The Labute approximate surface area is 197 Å². The molecule has 0 saturated heterocycles. The second kappa shape index (κ2) is 13.8. The van der Waals surface area contributed by atoms with Crippen molar-refractivity contribution in [2.24, 2.45) is 0 Å². The van der Waals surface area contributed by atoms with Gasteiger partial charge in [0.05, 0.1) is 6.16 Å². The van der Waals surface area contributed by atoms with Gasteiger partial charge < -0.3 is 12.4 Å². The Morgan fingerprint density at radius 3 is 1.43 bits per heavy atom. The quantitative estimate of drug-likeness (QED) is 0.162. The second-order valence-corrected chi connectivity index (χ2v) is 11.7. The first-order chi connectivity index (χ1) is 14.4. The van der Waals surface area contributed by atoms with Crippen LogP contribution in [-0.2, 0) is 0 Å². The molecule has 0 saturated carbocycles. The molecule has 0 unspecified atom stereocenters. The lowest BCUT2D eigenvalue weighted by Crippen LogP contribution is -3.00. The minimum atomic E-state index is -1.71. The third-order valence-corrected chi connectivity index (χ3v) is 10.2. The van der Waals surface area contributed by atoms with Gasteiger partial charge in [-0.2, -0.15) is 0 Å². The average Bonchev–Trinajstić information content (AvgIpc) is 2.80. The Bertz CT molecular complexity index is 753. The predicted molar refractivity (Wildman–Crippen MR) is 136 cm³/mol. The molecule has 0 N–H and O–H groups in total. The highest BCUT2D eigenvalue weighted by Crippen LogP contribution is 2.55. The maximum absolute atomic E-state index is 3.52. The van der Waals surface area contributed by atoms with Gasteiger partial charge >= 0.3 is 0 Å². The molecule has 0 aromatic heterocycles. The molecule has 0 nitrogen and oxygen atoms in total. The van der Waals surface area contributed by atoms with Crippen molar-refractivity contribution in [2.75, 3.05) is 11.5 Å². The van der Waals surface area contributed by atoms with Crippen LogP contribution in [-0.4, -0.2) is 11.5 Å². The van der Waals surface area contributed by atoms with E-state index in [0.29, 0.717) is 0 Å². The fourth-order valence-corrected chi connectivity index (χ4v) is 8.30. The van der Waals surface area contributed by atoms with Crippen molar-refractivity contribution < 1.29 is 12.4 Å². The van der Waals surface area contributed by atoms with Gasteiger partial charge in [0.1, 0.15) is 23.2 Å². The van der Waals surface area contributed by atoms with Crippen LogP contribution in [0.15, 0.2) is 103 Å². The zero-order valence-corrected chi connectivity index (χ0v) is 20.7. The number of rotatable bonds is 11. The van der Waals surface area contributed by atoms with Gasteiger partial charge in [-0.25, -0.2) is 0 Å². The minimum absolute atomic E-state index is 0. The van der Waals surface area contributed by atoms with E-state index in [2.05, 4.69) is 119 Å². The molecule has 0 aliphatic heterocycles. The van der Waals surface area contributed by atoms with Crippen molar-refractivity contribution in [3.8, 4) is 0 Å². The van der Waals surface area contributed by atoms with Gasteiger partial charge in [0.2, 0.25) is 0 Å². The summed E-state index contributed by atoms with van der Waals surface area (Å²) < 4.78 is 0. The third kappa shape index (κ3) is 6.55. The lowest BCUT2D eigenvalue weighted by Gasteiger charge is -2.26. The van der Waals surface area contributed by atoms with Crippen LogP contribution in [0.1, 0.15) is 32.1 Å². The number of alkyl halides is 1. The van der Waals surface area contributed by atoms with Crippen molar-refractivity contribution in [3.05, 3.63) is 103 Å². The summed E-state index contributed by atoms with van der Waals surface area (Å²) in [6.07, 6.45) is 12.3. The van der Waals surface area contributed by atoms with E-state index < -0.39 is 7.26 Å². The largest absolute Gasteiger partial charge is 1.00 e. The Hall–Kier alpha value is -1.40. The van der Waals surface area contributed by atoms with Gasteiger partial charge in [-0.3, -0.25) is 0 Å². The first kappa shape index (κ1) is 24.9. The normalized spacial score (nSPS) is 11.4. The van der Waals surface area contributed by atoms with E-state index in [1.807, 2.05) is 0 Å². The van der Waals surface area contributed by atoms with E-state index >= 15 is 0 Å². The molecule has 30 heavy (non-hydrogen) atoms. The molecule has 158 valence electrons. The highest BCUT2D eigenvalue weighted by molar-refractivity contribution is 9.09. The van der Waals surface area contributed by atoms with Crippen LogP contribution >= 0.6 is 23.2 Å². The zero-order chi connectivity index (χ0) is 20.2. The van der Waals surface area contributed by atoms with Crippen LogP contribution < -0.4 is 28.3 Å². The minimum Gasteiger partial charge on any atom is -1.00 e. The van der Waals surface area contributed by atoms with Crippen LogP contribution in [0.2, 0.25) is 0 Å². The summed E-state index contributed by atoms with van der Waals surface area (Å²) in [7, 11) is -1.71. The first-order valence-electron chi connectivity index (χ1n) is 10.6. The first-order valence-corrected chi connectivity index (χ1v) is 13.7. The van der Waals surface area contributed by atoms with Crippen LogP contribution in [0.3, 0.4) is 0 Å². The maximum atomic E-state index is 3.52. The van der Waals surface area contributed by atoms with Gasteiger partial charge in [-0.1, -0.05) is 95.5 Å². The van der Waals surface area contributed by atoms with Gasteiger partial charge in [-0.15, -0.1) is 0 Å². The van der Waals surface area contributed by atoms with Crippen molar-refractivity contribution in [1.29, 1.82) is 0 Å². The molecule has 0 aliphatic rings. The SMILES string of the molecule is BrCCCCCCC=CC[P+](c1ccccc1)(c1ccccc1)c1ccccc1.[Cl-]. The summed E-state index contributed by atoms with van der Waals surface area (Å²) in [6, 6.07) is 33.4. The van der Waals surface area contributed by atoms with Crippen LogP contribution in [0.25, 0.3) is 0 Å². The zero-order valence-electron chi connectivity index (χ0n) is 17.5. The summed E-state index contributed by atoms with van der Waals surface area (Å²) in [5, 5.41) is 5.50. The van der Waals surface area contributed by atoms with Crippen LogP contribution in [0.5, 0.6) is 0 Å². The van der Waals surface area contributed by atoms with Gasteiger partial charge in [-0.05, 0) is 55.7 Å². The standard InChI is InChI=1S/C27H31BrP.ClH/c28-23-15-4-2-1-3-5-16-24-29(25-17-9-6-10-18-25,26-19-11-7-12-20-26)27-21-13-8-14-22-27;/h5-14,16-22H,1-4,15,23-24H2;1H/q+1;/p-1. The van der Waals surface area contributed by atoms with Crippen molar-refractivity contribution in [1.82, 2.24) is 0 Å². The molecule has 3 heteroatoms. The number of halogens is 2. The molecule has 3 aromatic rings. The van der Waals surface area contributed by atoms with Gasteiger partial charge in [0, 0.05) is 5.33 Å². The number of allylic oxidation sites excluding steroid dienone is 2. The Morgan fingerprint density at radius 2 is 1.00 bits per heavy atom. The molecule has 0 heterocycles. The van der Waals surface area contributed by atoms with Crippen molar-refractivity contribution >= 4 is 39.1 Å². The predicted octanol–water partition coefficient (Wildman–Crippen LogP) is 3.89. The van der Waals surface area contributed by atoms with Crippen LogP contribution in [0.4, 0.5) is 0 Å². The van der Waals surface area contributed by atoms with Crippen molar-refractivity contribution in [2.45, 2.75) is 32.1 Å². The molecule has 0 aliphatic carbocycles. The molecule has 3 aromatic carbocycles. The number of hydrogen-bond donors (Lipinski definition) is 0. The maximum Gasteiger partial charge on any atom is 0.115 e. The molecular weight excluding hydrogens is 471 g/mol. The number of hydrogen-bond acceptors (Lipinski definition) is 0. The molecular formula is C27H31BrClP. The van der Waals surface area contributed by atoms with Gasteiger partial charge in [0.15, 0.2) is 0 Å².